The molecule has 31 heteroatoms. The molecule has 28 nitrogen and oxygen atoms in total. The van der Waals surface area contributed by atoms with E-state index in [-0.39, 0.29) is 48.2 Å². The molecule has 0 unspecified atom stereocenters. The molecule has 0 aliphatic carbocycles. The van der Waals surface area contributed by atoms with Gasteiger partial charge in [0.15, 0.2) is 6.61 Å². The molecule has 0 spiro atoms. The molecule has 107 heavy (non-hydrogen) atoms. The SMILES string of the molecule is CN1CC=C(c2ccc3c(c2)c(C2=CCN(C)CC2)cn3S(=O)(=O)c2ccc3c(ccn3C)c2)CC1.CN1CC=C(c2nn(S(=O)(=O)c3ccc4c(c3)OCC(=O)N4)c3ccccc23)CC1.CN1CC=C(c2nn(S(=O)(=O)c3ccc4c(ccn4C)c3)c3ccccc23)CC1.O=CO.O=CO.O=CO.O=CO. The first-order valence-electron chi connectivity index (χ1n) is 33.7. The first-order chi connectivity index (χ1) is 51.3. The lowest BCUT2D eigenvalue weighted by Crippen LogP contribution is -2.25. The average Bonchev–Trinajstić information content (AvgIpc) is 1.63. The summed E-state index contributed by atoms with van der Waals surface area (Å²) in [5.74, 6) is 0.0533. The molecule has 0 atom stereocenters. The van der Waals surface area contributed by atoms with Crippen LogP contribution in [0.1, 0.15) is 48.2 Å². The van der Waals surface area contributed by atoms with Crippen molar-refractivity contribution >= 4 is 144 Å². The molecule has 0 bridgehead atoms. The molecule has 0 saturated heterocycles. The number of carbonyl (C=O) groups is 5. The van der Waals surface area contributed by atoms with Crippen LogP contribution in [-0.2, 0) is 68.1 Å². The highest BCUT2D eigenvalue weighted by atomic mass is 32.2. The van der Waals surface area contributed by atoms with Crippen LogP contribution in [-0.4, -0.2) is 216 Å². The summed E-state index contributed by atoms with van der Waals surface area (Å²) in [4.78, 5) is 54.5. The van der Waals surface area contributed by atoms with Gasteiger partial charge in [-0.2, -0.15) is 35.2 Å². The monoisotopic (exact) mass is 1510 g/mol. The van der Waals surface area contributed by atoms with Crippen molar-refractivity contribution in [2.45, 2.75) is 40.4 Å². The Balaban J connectivity index is 0.000000160. The lowest BCUT2D eigenvalue weighted by molar-refractivity contribution is -0.123. The fraction of sp³-hybridized carbons (Fsp3) is 0.250. The number of ether oxygens (including phenoxy) is 1. The number of nitrogens with zero attached hydrogens (tertiary/aromatic N) is 11. The predicted octanol–water partition coefficient (Wildman–Crippen LogP) is 9.42. The summed E-state index contributed by atoms with van der Waals surface area (Å²) in [7, 11) is 0.737. The molecule has 0 radical (unpaired) electrons. The van der Waals surface area contributed by atoms with E-state index in [9.17, 15) is 30.0 Å². The summed E-state index contributed by atoms with van der Waals surface area (Å²) in [5, 5.41) is 43.9. The zero-order valence-corrected chi connectivity index (χ0v) is 62.0. The number of aromatic nitrogens is 7. The number of para-hydroxylation sites is 2. The van der Waals surface area contributed by atoms with Crippen molar-refractivity contribution in [3.05, 3.63) is 199 Å². The molecule has 560 valence electrons. The van der Waals surface area contributed by atoms with Gasteiger partial charge in [0.25, 0.3) is 61.9 Å². The summed E-state index contributed by atoms with van der Waals surface area (Å²) in [6.45, 7) is 6.14. The number of likely N-dealkylation sites (N-methyl/N-ethyl adjacent to an activating group) is 4. The normalized spacial score (nSPS) is 15.7. The summed E-state index contributed by atoms with van der Waals surface area (Å²) in [5.41, 5.74) is 12.7. The molecule has 5 aliphatic rings. The molecule has 11 aromatic rings. The third-order valence-electron chi connectivity index (χ3n) is 18.8. The largest absolute Gasteiger partial charge is 0.483 e. The maximum absolute atomic E-state index is 14.0. The van der Waals surface area contributed by atoms with Gasteiger partial charge >= 0.3 is 0 Å². The first-order valence-corrected chi connectivity index (χ1v) is 38.1. The van der Waals surface area contributed by atoms with Crippen LogP contribution in [0, 0.1) is 0 Å². The van der Waals surface area contributed by atoms with Crippen molar-refractivity contribution in [2.24, 2.45) is 14.1 Å². The second kappa shape index (κ2) is 34.3. The second-order valence-electron chi connectivity index (χ2n) is 25.7. The van der Waals surface area contributed by atoms with Gasteiger partial charge in [0.05, 0.1) is 48.3 Å². The Morgan fingerprint density at radius 2 is 0.841 bits per heavy atom. The molecule has 0 saturated carbocycles. The van der Waals surface area contributed by atoms with Gasteiger partial charge in [0.1, 0.15) is 5.75 Å². The number of amides is 1. The Morgan fingerprint density at radius 3 is 1.29 bits per heavy atom. The minimum atomic E-state index is -3.97. The minimum absolute atomic E-state index is 0.0505. The molecule has 1 amide bonds. The van der Waals surface area contributed by atoms with Crippen LogP contribution >= 0.6 is 0 Å². The Morgan fingerprint density at radius 1 is 0.439 bits per heavy atom. The van der Waals surface area contributed by atoms with Gasteiger partial charge in [0.2, 0.25) is 0 Å². The molecular weight excluding hydrogens is 1430 g/mol. The molecule has 0 fully saturated rings. The van der Waals surface area contributed by atoms with Crippen LogP contribution in [0.25, 0.3) is 76.8 Å². The minimum Gasteiger partial charge on any atom is -0.483 e. The third-order valence-corrected chi connectivity index (χ3v) is 23.6. The molecule has 16 rings (SSSR count). The number of carboxylic acid groups (broad SMARTS) is 4. The number of aryl methyl sites for hydroxylation is 2. The van der Waals surface area contributed by atoms with Gasteiger partial charge in [-0.05, 0) is 167 Å². The number of hydrogen-bond donors (Lipinski definition) is 5. The second-order valence-corrected chi connectivity index (χ2v) is 31.0. The van der Waals surface area contributed by atoms with Crippen LogP contribution in [0.4, 0.5) is 5.69 Å². The Hall–Kier alpha value is -11.3. The predicted molar refractivity (Wildman–Crippen MR) is 411 cm³/mol. The molecule has 6 aromatic carbocycles. The van der Waals surface area contributed by atoms with Crippen molar-refractivity contribution in [1.29, 1.82) is 0 Å². The van der Waals surface area contributed by atoms with E-state index < -0.39 is 30.1 Å². The lowest BCUT2D eigenvalue weighted by Gasteiger charge is -2.23. The van der Waals surface area contributed by atoms with Crippen molar-refractivity contribution in [1.82, 2.24) is 51.1 Å². The fourth-order valence-electron chi connectivity index (χ4n) is 13.2. The number of benzene rings is 6. The lowest BCUT2D eigenvalue weighted by atomic mass is 9.95. The molecule has 5 aromatic heterocycles. The Labute approximate surface area is 617 Å². The van der Waals surface area contributed by atoms with E-state index in [1.54, 1.807) is 36.4 Å². The molecule has 5 N–H and O–H groups in total. The number of anilines is 1. The molecular formula is C76H82N12O16S3. The topological polar surface area (TPSA) is 353 Å². The van der Waals surface area contributed by atoms with Gasteiger partial charge < -0.3 is 59.2 Å². The maximum Gasteiger partial charge on any atom is 0.290 e. The van der Waals surface area contributed by atoms with Crippen LogP contribution < -0.4 is 10.1 Å². The van der Waals surface area contributed by atoms with Crippen molar-refractivity contribution in [2.75, 3.05) is 92.5 Å². The quantitative estimate of drug-likeness (QED) is 0.0795. The Kier molecular flexibility index (Phi) is 25.1. The molecule has 5 aliphatic heterocycles. The van der Waals surface area contributed by atoms with Gasteiger partial charge in [-0.1, -0.05) is 66.8 Å². The van der Waals surface area contributed by atoms with Crippen LogP contribution in [0.2, 0.25) is 0 Å². The van der Waals surface area contributed by atoms with Crippen LogP contribution in [0.15, 0.2) is 191 Å². The van der Waals surface area contributed by atoms with E-state index >= 15 is 0 Å². The molecule has 10 heterocycles. The zero-order chi connectivity index (χ0) is 76.9. The number of nitrogens with one attached hydrogen (secondary N) is 1. The van der Waals surface area contributed by atoms with Crippen LogP contribution in [0.3, 0.4) is 0 Å². The van der Waals surface area contributed by atoms with Gasteiger partial charge in [0, 0.05) is 135 Å². The number of hydrogen-bond acceptors (Lipinski definition) is 18. The third kappa shape index (κ3) is 17.2. The van der Waals surface area contributed by atoms with E-state index in [0.29, 0.717) is 33.1 Å². The smallest absolute Gasteiger partial charge is 0.290 e. The number of rotatable bonds is 10. The van der Waals surface area contributed by atoms with E-state index in [1.807, 2.05) is 109 Å². The van der Waals surface area contributed by atoms with E-state index in [2.05, 4.69) is 99.7 Å². The summed E-state index contributed by atoms with van der Waals surface area (Å²) < 4.78 is 95.1. The summed E-state index contributed by atoms with van der Waals surface area (Å²) >= 11 is 0. The van der Waals surface area contributed by atoms with Crippen molar-refractivity contribution < 1.29 is 74.4 Å². The Bertz CT molecular complexity index is 5630. The maximum atomic E-state index is 14.0. The summed E-state index contributed by atoms with van der Waals surface area (Å²) in [6, 6.07) is 40.0. The highest BCUT2D eigenvalue weighted by Crippen LogP contribution is 2.39. The van der Waals surface area contributed by atoms with Gasteiger partial charge in [-0.3, -0.25) is 24.0 Å². The zero-order valence-electron chi connectivity index (χ0n) is 59.6. The number of fused-ring (bicyclic) bond motifs is 6. The standard InChI is InChI=1S/C29H32N4O2S.C22H22N4O2S.C21H20N4O4S.4CH2O2/c1-30-13-8-21(9-14-30)23-4-6-29-26(19-23)27(22-10-15-31(2)16-11-22)20-33(29)36(34,35)25-5-7-28-24(18-25)12-17-32(28)3;1-24-12-9-16(10-13-24)22-19-5-3-4-6-21(19)26(23-22)29(27,28)18-7-8-20-17(15-18)11-14-25(20)2;1-24-10-8-14(9-11-24)21-16-4-2-3-5-18(16)25(23-21)30(27,28)15-6-7-17-19(12-15)29-13-20(26)22-17;4*2-1-3/h4-8,10,12,17-20H,9,11,13-16H2,1-3H3;3-9,11,14-15H,10,12-13H2,1-2H3;2-8,12H,9-11,13H2,1H3,(H,22,26);4*1H,(H,2,3). The van der Waals surface area contributed by atoms with Crippen molar-refractivity contribution in [3.63, 3.8) is 0 Å². The fourth-order valence-corrected chi connectivity index (χ4v) is 17.2. The highest BCUT2D eigenvalue weighted by molar-refractivity contribution is 7.90. The average molecular weight is 1520 g/mol. The van der Waals surface area contributed by atoms with E-state index in [1.165, 1.54) is 43.0 Å². The number of carbonyl (C=O) groups excluding carboxylic acids is 1. The van der Waals surface area contributed by atoms with Gasteiger partial charge in [-0.25, -0.2) is 12.4 Å². The first kappa shape index (κ1) is 78.3. The highest BCUT2D eigenvalue weighted by Gasteiger charge is 2.30. The van der Waals surface area contributed by atoms with Crippen molar-refractivity contribution in [3.8, 4) is 5.75 Å². The van der Waals surface area contributed by atoms with Crippen LogP contribution in [0.5, 0.6) is 5.75 Å². The van der Waals surface area contributed by atoms with Gasteiger partial charge in [-0.15, -0.1) is 0 Å². The van der Waals surface area contributed by atoms with E-state index in [0.717, 1.165) is 148 Å². The van der Waals surface area contributed by atoms with E-state index in [4.69, 9.17) is 44.3 Å². The summed E-state index contributed by atoms with van der Waals surface area (Å²) in [6.07, 6.45) is 18.1.